The van der Waals surface area contributed by atoms with Gasteiger partial charge in [-0.25, -0.2) is 4.68 Å². The summed E-state index contributed by atoms with van der Waals surface area (Å²) in [4.78, 5) is 4.26. The topological polar surface area (TPSA) is 68.5 Å². The van der Waals surface area contributed by atoms with Crippen molar-refractivity contribution in [3.8, 4) is 0 Å². The molecule has 0 fully saturated rings. The number of rotatable bonds is 6. The van der Waals surface area contributed by atoms with E-state index in [4.69, 9.17) is 0 Å². The molecule has 6 nitrogen and oxygen atoms in total. The molecule has 0 atom stereocenters. The summed E-state index contributed by atoms with van der Waals surface area (Å²) in [5, 5.41) is 15.5. The van der Waals surface area contributed by atoms with Gasteiger partial charge in [0, 0.05) is 18.5 Å². The molecule has 2 rings (SSSR count). The molecule has 0 spiro atoms. The average molecular weight is 250 g/mol. The Morgan fingerprint density at radius 2 is 2.35 bits per heavy atom. The van der Waals surface area contributed by atoms with Gasteiger partial charge >= 0.3 is 0 Å². The second-order valence-corrected chi connectivity index (χ2v) is 4.34. The zero-order chi connectivity index (χ0) is 11.9. The molecular formula is C10H14N6S. The van der Waals surface area contributed by atoms with Gasteiger partial charge in [-0.1, -0.05) is 17.8 Å². The molecule has 2 aromatic rings. The third-order valence-electron chi connectivity index (χ3n) is 2.15. The van der Waals surface area contributed by atoms with E-state index in [0.29, 0.717) is 0 Å². The second kappa shape index (κ2) is 6.31. The predicted molar refractivity (Wildman–Crippen MR) is 65.5 cm³/mol. The largest absolute Gasteiger partial charge is 0.318 e. The van der Waals surface area contributed by atoms with Crippen molar-refractivity contribution in [3.63, 3.8) is 0 Å². The molecule has 17 heavy (non-hydrogen) atoms. The predicted octanol–water partition coefficient (Wildman–Crippen LogP) is 0.580. The van der Waals surface area contributed by atoms with Gasteiger partial charge in [0.25, 0.3) is 0 Å². The van der Waals surface area contributed by atoms with Crippen molar-refractivity contribution in [1.82, 2.24) is 30.5 Å². The van der Waals surface area contributed by atoms with Crippen molar-refractivity contribution in [2.75, 3.05) is 13.6 Å². The van der Waals surface area contributed by atoms with Crippen LogP contribution in [0.2, 0.25) is 0 Å². The fraction of sp³-hybridized carbons (Fsp3) is 0.400. The van der Waals surface area contributed by atoms with Crippen LogP contribution >= 0.6 is 11.8 Å². The Morgan fingerprint density at radius 3 is 3.12 bits per heavy atom. The first kappa shape index (κ1) is 12.0. The number of thioether (sulfide) groups is 1. The zero-order valence-electron chi connectivity index (χ0n) is 9.58. The lowest BCUT2D eigenvalue weighted by molar-refractivity contribution is 0.530. The zero-order valence-corrected chi connectivity index (χ0v) is 10.4. The fourth-order valence-corrected chi connectivity index (χ4v) is 2.10. The first-order valence-corrected chi connectivity index (χ1v) is 6.32. The normalized spacial score (nSPS) is 10.6. The minimum absolute atomic E-state index is 0.772. The number of hydrogen-bond acceptors (Lipinski definition) is 6. The summed E-state index contributed by atoms with van der Waals surface area (Å²) in [5.74, 6) is 0.779. The molecule has 0 saturated carbocycles. The number of pyridine rings is 1. The highest BCUT2D eigenvalue weighted by atomic mass is 32.2. The molecule has 0 aliphatic carbocycles. The molecule has 0 unspecified atom stereocenters. The smallest absolute Gasteiger partial charge is 0.209 e. The summed E-state index contributed by atoms with van der Waals surface area (Å²) >= 11 is 1.59. The molecule has 1 N–H and O–H groups in total. The van der Waals surface area contributed by atoms with Crippen LogP contribution in [-0.4, -0.2) is 38.8 Å². The van der Waals surface area contributed by atoms with Crippen molar-refractivity contribution in [3.05, 3.63) is 30.1 Å². The van der Waals surface area contributed by atoms with E-state index in [9.17, 15) is 0 Å². The highest BCUT2D eigenvalue weighted by Gasteiger charge is 2.06. The van der Waals surface area contributed by atoms with Crippen molar-refractivity contribution in [2.45, 2.75) is 17.5 Å². The third kappa shape index (κ3) is 3.50. The van der Waals surface area contributed by atoms with E-state index in [1.165, 1.54) is 0 Å². The van der Waals surface area contributed by atoms with Crippen LogP contribution in [0.4, 0.5) is 0 Å². The van der Waals surface area contributed by atoms with Crippen LogP contribution in [0.5, 0.6) is 0 Å². The molecule has 2 heterocycles. The van der Waals surface area contributed by atoms with Gasteiger partial charge < -0.3 is 5.32 Å². The van der Waals surface area contributed by atoms with Crippen LogP contribution in [0.25, 0.3) is 0 Å². The summed E-state index contributed by atoms with van der Waals surface area (Å²) in [6.07, 6.45) is 1.79. The fourth-order valence-electron chi connectivity index (χ4n) is 1.28. The van der Waals surface area contributed by atoms with Gasteiger partial charge in [0.15, 0.2) is 0 Å². The summed E-state index contributed by atoms with van der Waals surface area (Å²) < 4.78 is 1.80. The molecular weight excluding hydrogens is 236 g/mol. The number of hydrogen-bond donors (Lipinski definition) is 1. The van der Waals surface area contributed by atoms with Gasteiger partial charge in [0.2, 0.25) is 5.16 Å². The Balaban J connectivity index is 1.92. The van der Waals surface area contributed by atoms with Crippen LogP contribution in [0.3, 0.4) is 0 Å². The lowest BCUT2D eigenvalue weighted by Gasteiger charge is -2.03. The Morgan fingerprint density at radius 1 is 1.41 bits per heavy atom. The Hall–Kier alpha value is -1.47. The molecule has 0 saturated heterocycles. The summed E-state index contributed by atoms with van der Waals surface area (Å²) in [5.41, 5.74) is 1.03. The summed E-state index contributed by atoms with van der Waals surface area (Å²) in [6.45, 7) is 1.62. The first-order valence-electron chi connectivity index (χ1n) is 5.33. The number of likely N-dealkylation sites (N-methyl/N-ethyl adjacent to an activating group) is 1. The number of aromatic nitrogens is 5. The summed E-state index contributed by atoms with van der Waals surface area (Å²) in [7, 11) is 1.91. The molecule has 90 valence electrons. The summed E-state index contributed by atoms with van der Waals surface area (Å²) in [6, 6.07) is 5.88. The maximum atomic E-state index is 4.26. The minimum Gasteiger partial charge on any atom is -0.318 e. The molecule has 7 heteroatoms. The van der Waals surface area contributed by atoms with Gasteiger partial charge in [0.05, 0.1) is 12.2 Å². The average Bonchev–Trinajstić information content (AvgIpc) is 2.82. The minimum atomic E-state index is 0.772. The van der Waals surface area contributed by atoms with Gasteiger partial charge in [0.1, 0.15) is 0 Å². The van der Waals surface area contributed by atoms with Gasteiger partial charge in [-0.2, -0.15) is 0 Å². The Kier molecular flexibility index (Phi) is 4.45. The van der Waals surface area contributed by atoms with Crippen LogP contribution in [-0.2, 0) is 12.3 Å². The van der Waals surface area contributed by atoms with E-state index in [0.717, 1.165) is 29.7 Å². The molecule has 0 aromatic carbocycles. The molecule has 0 amide bonds. The van der Waals surface area contributed by atoms with Gasteiger partial charge in [-0.3, -0.25) is 4.98 Å². The van der Waals surface area contributed by atoms with E-state index in [-0.39, 0.29) is 0 Å². The maximum absolute atomic E-state index is 4.26. The van der Waals surface area contributed by atoms with E-state index in [1.807, 2.05) is 25.2 Å². The number of tetrazole rings is 1. The standard InChI is InChI=1S/C10H14N6S/c1-11-6-7-16-10(13-14-15-16)17-8-9-4-2-3-5-12-9/h2-5,11H,6-8H2,1H3. The van der Waals surface area contributed by atoms with Crippen molar-refractivity contribution in [2.24, 2.45) is 0 Å². The van der Waals surface area contributed by atoms with Crippen molar-refractivity contribution < 1.29 is 0 Å². The maximum Gasteiger partial charge on any atom is 0.209 e. The van der Waals surface area contributed by atoms with E-state index in [1.54, 1.807) is 22.6 Å². The Bertz CT molecular complexity index is 443. The first-order chi connectivity index (χ1) is 8.40. The van der Waals surface area contributed by atoms with E-state index < -0.39 is 0 Å². The third-order valence-corrected chi connectivity index (χ3v) is 3.14. The van der Waals surface area contributed by atoms with Crippen molar-refractivity contribution >= 4 is 11.8 Å². The van der Waals surface area contributed by atoms with Crippen molar-refractivity contribution in [1.29, 1.82) is 0 Å². The van der Waals surface area contributed by atoms with Gasteiger partial charge in [-0.15, -0.1) is 5.10 Å². The van der Waals surface area contributed by atoms with E-state index in [2.05, 4.69) is 25.8 Å². The molecule has 0 aliphatic rings. The quantitative estimate of drug-likeness (QED) is 0.756. The Labute approximate surface area is 104 Å². The van der Waals surface area contributed by atoms with Crippen LogP contribution in [0.15, 0.2) is 29.6 Å². The van der Waals surface area contributed by atoms with Crippen LogP contribution in [0, 0.1) is 0 Å². The van der Waals surface area contributed by atoms with Crippen LogP contribution in [0.1, 0.15) is 5.69 Å². The highest BCUT2D eigenvalue weighted by Crippen LogP contribution is 2.18. The lowest BCUT2D eigenvalue weighted by Crippen LogP contribution is -2.16. The van der Waals surface area contributed by atoms with Gasteiger partial charge in [-0.05, 0) is 29.6 Å². The molecule has 0 radical (unpaired) electrons. The number of nitrogens with zero attached hydrogens (tertiary/aromatic N) is 5. The second-order valence-electron chi connectivity index (χ2n) is 3.40. The lowest BCUT2D eigenvalue weighted by atomic mass is 10.4. The molecule has 0 aliphatic heterocycles. The highest BCUT2D eigenvalue weighted by molar-refractivity contribution is 7.98. The molecule has 2 aromatic heterocycles. The van der Waals surface area contributed by atoms with Crippen LogP contribution < -0.4 is 5.32 Å². The van der Waals surface area contributed by atoms with E-state index >= 15 is 0 Å². The number of nitrogens with one attached hydrogen (secondary N) is 1. The SMILES string of the molecule is CNCCn1nnnc1SCc1ccccn1. The molecule has 0 bridgehead atoms. The monoisotopic (exact) mass is 250 g/mol.